The van der Waals surface area contributed by atoms with E-state index in [2.05, 4.69) is 31.0 Å². The molecule has 1 N–H and O–H groups in total. The minimum Gasteiger partial charge on any atom is -0.492 e. The summed E-state index contributed by atoms with van der Waals surface area (Å²) in [6.45, 7) is 4.76. The maximum Gasteiger partial charge on any atom is 0.304 e. The lowest BCUT2D eigenvalue weighted by Gasteiger charge is -2.24. The van der Waals surface area contributed by atoms with E-state index in [4.69, 9.17) is 19.3 Å². The summed E-state index contributed by atoms with van der Waals surface area (Å²) >= 11 is 0. The average Bonchev–Trinajstić information content (AvgIpc) is 3.25. The molecule has 1 atom stereocenters. The predicted molar refractivity (Wildman–Crippen MR) is 143 cm³/mol. The summed E-state index contributed by atoms with van der Waals surface area (Å²) < 4.78 is 41.1. The van der Waals surface area contributed by atoms with Gasteiger partial charge in [0.25, 0.3) is 0 Å². The molecule has 0 unspecified atom stereocenters. The number of carboxylic acids is 1. The SMILES string of the molecule is Cc1cc(OC2CCS(=O)(=O)CC2)cc(C)c1-c1cccc(COc2cc3c(cn2)[C@H](CC(=O)O)CO3)c1. The molecule has 1 aromatic heterocycles. The van der Waals surface area contributed by atoms with Crippen LogP contribution in [0.5, 0.6) is 17.4 Å². The monoisotopic (exact) mass is 537 g/mol. The van der Waals surface area contributed by atoms with Crippen LogP contribution in [0.4, 0.5) is 0 Å². The van der Waals surface area contributed by atoms with Gasteiger partial charge in [-0.3, -0.25) is 4.79 Å². The molecule has 3 heterocycles. The molecule has 38 heavy (non-hydrogen) atoms. The first-order chi connectivity index (χ1) is 18.2. The van der Waals surface area contributed by atoms with Gasteiger partial charge in [-0.15, -0.1) is 0 Å². The minimum absolute atomic E-state index is 0.0124. The number of ether oxygens (including phenoxy) is 3. The number of sulfone groups is 1. The van der Waals surface area contributed by atoms with Crippen molar-refractivity contribution in [2.75, 3.05) is 18.1 Å². The van der Waals surface area contributed by atoms with Crippen LogP contribution >= 0.6 is 0 Å². The second-order valence-electron chi connectivity index (χ2n) is 10.1. The summed E-state index contributed by atoms with van der Waals surface area (Å²) in [6.07, 6.45) is 2.63. The zero-order chi connectivity index (χ0) is 26.9. The highest BCUT2D eigenvalue weighted by atomic mass is 32.2. The lowest BCUT2D eigenvalue weighted by Crippen LogP contribution is -2.30. The van der Waals surface area contributed by atoms with E-state index in [9.17, 15) is 13.2 Å². The highest BCUT2D eigenvalue weighted by Gasteiger charge is 2.28. The van der Waals surface area contributed by atoms with Gasteiger partial charge in [0.1, 0.15) is 24.2 Å². The predicted octanol–water partition coefficient (Wildman–Crippen LogP) is 4.85. The summed E-state index contributed by atoms with van der Waals surface area (Å²) in [5.74, 6) is 1.13. The van der Waals surface area contributed by atoms with Crippen molar-refractivity contribution in [2.24, 2.45) is 0 Å². The number of aromatic nitrogens is 1. The third kappa shape index (κ3) is 5.93. The van der Waals surface area contributed by atoms with Crippen molar-refractivity contribution in [1.29, 1.82) is 0 Å². The van der Waals surface area contributed by atoms with Crippen LogP contribution in [0.3, 0.4) is 0 Å². The molecular formula is C29H31NO7S. The van der Waals surface area contributed by atoms with Crippen molar-refractivity contribution in [3.05, 3.63) is 70.9 Å². The summed E-state index contributed by atoms with van der Waals surface area (Å²) in [7, 11) is -2.92. The van der Waals surface area contributed by atoms with E-state index in [-0.39, 0.29) is 29.9 Å². The fourth-order valence-electron chi connectivity index (χ4n) is 5.20. The first-order valence-corrected chi connectivity index (χ1v) is 14.5. The fourth-order valence-corrected chi connectivity index (χ4v) is 6.65. The van der Waals surface area contributed by atoms with Crippen LogP contribution in [0.25, 0.3) is 11.1 Å². The van der Waals surface area contributed by atoms with E-state index in [0.717, 1.165) is 39.1 Å². The number of pyridine rings is 1. The van der Waals surface area contributed by atoms with Gasteiger partial charge in [-0.1, -0.05) is 18.2 Å². The van der Waals surface area contributed by atoms with Crippen LogP contribution in [0.1, 0.15) is 47.4 Å². The third-order valence-corrected chi connectivity index (χ3v) is 8.80. The molecule has 0 spiro atoms. The first kappa shape index (κ1) is 26.0. The van der Waals surface area contributed by atoms with Gasteiger partial charge < -0.3 is 19.3 Å². The Morgan fingerprint density at radius 2 is 1.84 bits per heavy atom. The zero-order valence-electron chi connectivity index (χ0n) is 21.5. The molecule has 0 amide bonds. The summed E-state index contributed by atoms with van der Waals surface area (Å²) in [5, 5.41) is 9.07. The molecule has 200 valence electrons. The number of carbonyl (C=O) groups is 1. The third-order valence-electron chi connectivity index (χ3n) is 7.08. The van der Waals surface area contributed by atoms with Gasteiger partial charge in [-0.2, -0.15) is 0 Å². The van der Waals surface area contributed by atoms with Crippen molar-refractivity contribution in [2.45, 2.75) is 51.7 Å². The van der Waals surface area contributed by atoms with E-state index >= 15 is 0 Å². The number of benzene rings is 2. The molecule has 1 fully saturated rings. The van der Waals surface area contributed by atoms with Crippen molar-refractivity contribution in [3.63, 3.8) is 0 Å². The molecule has 8 nitrogen and oxygen atoms in total. The van der Waals surface area contributed by atoms with Gasteiger partial charge in [-0.05, 0) is 72.7 Å². The maximum absolute atomic E-state index is 11.7. The lowest BCUT2D eigenvalue weighted by atomic mass is 9.94. The van der Waals surface area contributed by atoms with Gasteiger partial charge in [-0.25, -0.2) is 13.4 Å². The summed E-state index contributed by atoms with van der Waals surface area (Å²) in [5.41, 5.74) is 6.13. The number of aryl methyl sites for hydroxylation is 2. The van der Waals surface area contributed by atoms with Crippen LogP contribution in [0.15, 0.2) is 48.7 Å². The Hall–Kier alpha value is -3.59. The Balaban J connectivity index is 1.26. The molecular weight excluding hydrogens is 506 g/mol. The van der Waals surface area contributed by atoms with Gasteiger partial charge in [0.05, 0.1) is 24.5 Å². The second-order valence-corrected chi connectivity index (χ2v) is 12.4. The highest BCUT2D eigenvalue weighted by Crippen LogP contribution is 2.37. The van der Waals surface area contributed by atoms with Crippen molar-refractivity contribution >= 4 is 15.8 Å². The molecule has 0 radical (unpaired) electrons. The van der Waals surface area contributed by atoms with E-state index in [1.54, 1.807) is 12.3 Å². The van der Waals surface area contributed by atoms with Crippen molar-refractivity contribution in [1.82, 2.24) is 4.98 Å². The van der Waals surface area contributed by atoms with Gasteiger partial charge in [0.2, 0.25) is 5.88 Å². The van der Waals surface area contributed by atoms with E-state index < -0.39 is 15.8 Å². The standard InChI is InChI=1S/C29H31NO7S/c1-18-10-24(37-23-6-8-38(33,34)9-7-23)11-19(2)29(18)21-5-3-4-20(12-21)16-36-27-14-26-25(15-30-27)22(17-35-26)13-28(31)32/h3-5,10-12,14-15,22-23H,6-9,13,16-17H2,1-2H3,(H,31,32)/t22-/m1/s1. The number of nitrogens with zero attached hydrogens (tertiary/aromatic N) is 1. The van der Waals surface area contributed by atoms with Gasteiger partial charge >= 0.3 is 5.97 Å². The number of aliphatic carboxylic acids is 1. The molecule has 2 aromatic carbocycles. The van der Waals surface area contributed by atoms with Crippen molar-refractivity contribution in [3.8, 4) is 28.5 Å². The lowest BCUT2D eigenvalue weighted by molar-refractivity contribution is -0.137. The summed E-state index contributed by atoms with van der Waals surface area (Å²) in [4.78, 5) is 15.4. The number of hydrogen-bond acceptors (Lipinski definition) is 7. The van der Waals surface area contributed by atoms with Crippen LogP contribution in [-0.2, 0) is 21.2 Å². The Labute approximate surface area is 222 Å². The minimum atomic E-state index is -2.92. The largest absolute Gasteiger partial charge is 0.492 e. The van der Waals surface area contributed by atoms with E-state index in [0.29, 0.717) is 37.7 Å². The number of rotatable bonds is 8. The molecule has 0 saturated carbocycles. The smallest absolute Gasteiger partial charge is 0.304 e. The van der Waals surface area contributed by atoms with Gasteiger partial charge in [0.15, 0.2) is 9.84 Å². The number of carboxylic acid groups (broad SMARTS) is 1. The highest BCUT2D eigenvalue weighted by molar-refractivity contribution is 7.91. The topological polar surface area (TPSA) is 112 Å². The van der Waals surface area contributed by atoms with Crippen LogP contribution < -0.4 is 14.2 Å². The van der Waals surface area contributed by atoms with Crippen LogP contribution in [0.2, 0.25) is 0 Å². The molecule has 0 bridgehead atoms. The molecule has 1 saturated heterocycles. The number of fused-ring (bicyclic) bond motifs is 1. The number of hydrogen-bond donors (Lipinski definition) is 1. The molecule has 0 aliphatic carbocycles. The quantitative estimate of drug-likeness (QED) is 0.434. The zero-order valence-corrected chi connectivity index (χ0v) is 22.3. The van der Waals surface area contributed by atoms with Crippen LogP contribution in [0, 0.1) is 13.8 Å². The molecule has 2 aliphatic heterocycles. The second kappa shape index (κ2) is 10.6. The Morgan fingerprint density at radius 1 is 1.11 bits per heavy atom. The fraction of sp³-hybridized carbons (Fsp3) is 0.379. The maximum atomic E-state index is 11.7. The molecule has 2 aliphatic rings. The molecule has 9 heteroatoms. The first-order valence-electron chi connectivity index (χ1n) is 12.7. The average molecular weight is 538 g/mol. The van der Waals surface area contributed by atoms with Gasteiger partial charge in [0, 0.05) is 23.7 Å². The Bertz CT molecular complexity index is 1430. The van der Waals surface area contributed by atoms with Crippen molar-refractivity contribution < 1.29 is 32.5 Å². The molecule has 3 aromatic rings. The Kier molecular flexibility index (Phi) is 7.29. The Morgan fingerprint density at radius 3 is 2.55 bits per heavy atom. The summed E-state index contributed by atoms with van der Waals surface area (Å²) in [6, 6.07) is 13.9. The normalized spacial score (nSPS) is 18.4. The van der Waals surface area contributed by atoms with E-state index in [1.165, 1.54) is 0 Å². The van der Waals surface area contributed by atoms with E-state index in [1.807, 2.05) is 24.3 Å². The van der Waals surface area contributed by atoms with Crippen LogP contribution in [-0.4, -0.2) is 48.7 Å². The molecule has 5 rings (SSSR count).